The first-order valence-electron chi connectivity index (χ1n) is 7.12. The van der Waals surface area contributed by atoms with Gasteiger partial charge < -0.3 is 9.64 Å². The maximum absolute atomic E-state index is 11.9. The van der Waals surface area contributed by atoms with E-state index < -0.39 is 0 Å². The van der Waals surface area contributed by atoms with E-state index >= 15 is 0 Å². The Balaban J connectivity index is 1.84. The molecule has 0 aliphatic rings. The predicted octanol–water partition coefficient (Wildman–Crippen LogP) is 3.18. The van der Waals surface area contributed by atoms with Crippen LogP contribution in [0.3, 0.4) is 0 Å². The summed E-state index contributed by atoms with van der Waals surface area (Å²) in [6.07, 6.45) is 0. The lowest BCUT2D eigenvalue weighted by atomic mass is 10.1. The van der Waals surface area contributed by atoms with Crippen molar-refractivity contribution in [3.05, 3.63) is 65.7 Å². The van der Waals surface area contributed by atoms with Crippen LogP contribution in [-0.2, 0) is 4.74 Å². The Morgan fingerprint density at radius 3 is 2.14 bits per heavy atom. The molecule has 4 nitrogen and oxygen atoms in total. The van der Waals surface area contributed by atoms with Crippen LogP contribution in [0.25, 0.3) is 0 Å². The van der Waals surface area contributed by atoms with E-state index in [2.05, 4.69) is 0 Å². The number of likely N-dealkylation sites (N-methyl/N-ethyl adjacent to an activating group) is 1. The van der Waals surface area contributed by atoms with Crippen molar-refractivity contribution in [3.8, 4) is 0 Å². The molecular formula is C18H19NO3. The summed E-state index contributed by atoms with van der Waals surface area (Å²) in [6, 6.07) is 16.4. The highest BCUT2D eigenvalue weighted by molar-refractivity contribution is 5.96. The number of ketones is 1. The minimum Gasteiger partial charge on any atom is -0.460 e. The Labute approximate surface area is 130 Å². The molecule has 0 saturated carbocycles. The first-order valence-corrected chi connectivity index (χ1v) is 7.12. The summed E-state index contributed by atoms with van der Waals surface area (Å²) in [5.74, 6) is -0.402. The van der Waals surface area contributed by atoms with Gasteiger partial charge in [0.15, 0.2) is 5.78 Å². The van der Waals surface area contributed by atoms with E-state index in [1.165, 1.54) is 6.92 Å². The van der Waals surface area contributed by atoms with Crippen LogP contribution in [0.5, 0.6) is 0 Å². The molecule has 114 valence electrons. The van der Waals surface area contributed by atoms with Crippen molar-refractivity contribution in [2.24, 2.45) is 0 Å². The van der Waals surface area contributed by atoms with Gasteiger partial charge in [0.25, 0.3) is 0 Å². The van der Waals surface area contributed by atoms with Crippen molar-refractivity contribution >= 4 is 17.4 Å². The molecule has 0 N–H and O–H groups in total. The zero-order valence-electron chi connectivity index (χ0n) is 12.8. The van der Waals surface area contributed by atoms with Gasteiger partial charge in [0.05, 0.1) is 12.1 Å². The number of benzene rings is 2. The second-order valence-electron chi connectivity index (χ2n) is 5.03. The van der Waals surface area contributed by atoms with Gasteiger partial charge in [-0.05, 0) is 31.2 Å². The predicted molar refractivity (Wildman–Crippen MR) is 86.4 cm³/mol. The number of hydrogen-bond donors (Lipinski definition) is 0. The Morgan fingerprint density at radius 2 is 1.55 bits per heavy atom. The van der Waals surface area contributed by atoms with Gasteiger partial charge in [0, 0.05) is 18.3 Å². The van der Waals surface area contributed by atoms with Crippen molar-refractivity contribution in [1.82, 2.24) is 0 Å². The number of rotatable bonds is 6. The number of esters is 1. The van der Waals surface area contributed by atoms with Crippen molar-refractivity contribution < 1.29 is 14.3 Å². The molecule has 0 aliphatic carbocycles. The summed E-state index contributed by atoms with van der Waals surface area (Å²) in [6.45, 7) is 2.41. The number of ether oxygens (including phenoxy) is 1. The van der Waals surface area contributed by atoms with Crippen LogP contribution < -0.4 is 4.90 Å². The lowest BCUT2D eigenvalue weighted by molar-refractivity contribution is 0.0516. The van der Waals surface area contributed by atoms with Crippen molar-refractivity contribution in [1.29, 1.82) is 0 Å². The van der Waals surface area contributed by atoms with E-state index in [4.69, 9.17) is 4.74 Å². The molecule has 22 heavy (non-hydrogen) atoms. The van der Waals surface area contributed by atoms with Gasteiger partial charge in [-0.1, -0.05) is 30.3 Å². The van der Waals surface area contributed by atoms with Gasteiger partial charge >= 0.3 is 5.97 Å². The summed E-state index contributed by atoms with van der Waals surface area (Å²) in [5, 5.41) is 0. The third kappa shape index (κ3) is 4.19. The van der Waals surface area contributed by atoms with Crippen LogP contribution in [0, 0.1) is 0 Å². The molecule has 0 unspecified atom stereocenters. The number of anilines is 1. The van der Waals surface area contributed by atoms with Crippen molar-refractivity contribution in [2.75, 3.05) is 25.1 Å². The molecule has 2 aromatic carbocycles. The molecule has 2 rings (SSSR count). The molecule has 0 spiro atoms. The Morgan fingerprint density at radius 1 is 0.955 bits per heavy atom. The van der Waals surface area contributed by atoms with Crippen LogP contribution in [0.4, 0.5) is 5.69 Å². The Hall–Kier alpha value is -2.62. The smallest absolute Gasteiger partial charge is 0.338 e. The van der Waals surface area contributed by atoms with E-state index in [9.17, 15) is 9.59 Å². The number of para-hydroxylation sites is 1. The van der Waals surface area contributed by atoms with Crippen LogP contribution >= 0.6 is 0 Å². The molecule has 0 radical (unpaired) electrons. The number of carbonyl (C=O) groups excluding carboxylic acids is 2. The van der Waals surface area contributed by atoms with Gasteiger partial charge in [-0.2, -0.15) is 0 Å². The fraction of sp³-hybridized carbons (Fsp3) is 0.222. The lowest BCUT2D eigenvalue weighted by Crippen LogP contribution is -2.23. The molecule has 0 amide bonds. The average molecular weight is 297 g/mol. The third-order valence-electron chi connectivity index (χ3n) is 3.38. The lowest BCUT2D eigenvalue weighted by Gasteiger charge is -2.18. The molecule has 0 aromatic heterocycles. The molecule has 4 heteroatoms. The first kappa shape index (κ1) is 15.8. The molecule has 0 atom stereocenters. The zero-order chi connectivity index (χ0) is 15.9. The summed E-state index contributed by atoms with van der Waals surface area (Å²) in [4.78, 5) is 25.1. The number of nitrogens with zero attached hydrogens (tertiary/aromatic N) is 1. The summed E-state index contributed by atoms with van der Waals surface area (Å²) >= 11 is 0. The quantitative estimate of drug-likeness (QED) is 0.607. The highest BCUT2D eigenvalue weighted by Gasteiger charge is 2.08. The number of Topliss-reactive ketones (excluding diaryl/α,β-unsaturated/α-hetero) is 1. The minimum atomic E-state index is -0.378. The van der Waals surface area contributed by atoms with E-state index in [1.807, 2.05) is 42.3 Å². The number of hydrogen-bond acceptors (Lipinski definition) is 4. The molecule has 0 saturated heterocycles. The number of carbonyl (C=O) groups is 2. The van der Waals surface area contributed by atoms with Crippen LogP contribution in [0.2, 0.25) is 0 Å². The molecule has 2 aromatic rings. The fourth-order valence-corrected chi connectivity index (χ4v) is 2.01. The standard InChI is InChI=1S/C18H19NO3/c1-14(20)15-8-10-16(11-9-15)18(21)22-13-12-19(2)17-6-4-3-5-7-17/h3-11H,12-13H2,1-2H3. The average Bonchev–Trinajstić information content (AvgIpc) is 2.55. The van der Waals surface area contributed by atoms with Gasteiger partial charge in [-0.15, -0.1) is 0 Å². The maximum atomic E-state index is 11.9. The van der Waals surface area contributed by atoms with E-state index in [0.717, 1.165) is 5.69 Å². The summed E-state index contributed by atoms with van der Waals surface area (Å²) in [7, 11) is 1.95. The molecule has 0 aliphatic heterocycles. The van der Waals surface area contributed by atoms with Crippen LogP contribution in [-0.4, -0.2) is 32.0 Å². The van der Waals surface area contributed by atoms with E-state index in [-0.39, 0.29) is 11.8 Å². The highest BCUT2D eigenvalue weighted by Crippen LogP contribution is 2.11. The Kier molecular flexibility index (Phi) is 5.31. The highest BCUT2D eigenvalue weighted by atomic mass is 16.5. The molecule has 0 heterocycles. The second-order valence-corrected chi connectivity index (χ2v) is 5.03. The van der Waals surface area contributed by atoms with E-state index in [0.29, 0.717) is 24.3 Å². The minimum absolute atomic E-state index is 0.0237. The van der Waals surface area contributed by atoms with Gasteiger partial charge in [-0.25, -0.2) is 4.79 Å². The fourth-order valence-electron chi connectivity index (χ4n) is 2.01. The summed E-state index contributed by atoms with van der Waals surface area (Å²) in [5.41, 5.74) is 2.11. The SMILES string of the molecule is CC(=O)c1ccc(C(=O)OCCN(C)c2ccccc2)cc1. The van der Waals surface area contributed by atoms with E-state index in [1.54, 1.807) is 24.3 Å². The second kappa shape index (κ2) is 7.41. The molecule has 0 bridgehead atoms. The van der Waals surface area contributed by atoms with Gasteiger partial charge in [0.1, 0.15) is 6.61 Å². The van der Waals surface area contributed by atoms with Crippen LogP contribution in [0.1, 0.15) is 27.6 Å². The summed E-state index contributed by atoms with van der Waals surface area (Å²) < 4.78 is 5.26. The monoisotopic (exact) mass is 297 g/mol. The largest absolute Gasteiger partial charge is 0.460 e. The third-order valence-corrected chi connectivity index (χ3v) is 3.38. The molecular weight excluding hydrogens is 278 g/mol. The van der Waals surface area contributed by atoms with Crippen molar-refractivity contribution in [2.45, 2.75) is 6.92 Å². The van der Waals surface area contributed by atoms with Gasteiger partial charge in [0.2, 0.25) is 0 Å². The first-order chi connectivity index (χ1) is 10.6. The van der Waals surface area contributed by atoms with Crippen LogP contribution in [0.15, 0.2) is 54.6 Å². The normalized spacial score (nSPS) is 10.1. The van der Waals surface area contributed by atoms with Crippen molar-refractivity contribution in [3.63, 3.8) is 0 Å². The zero-order valence-corrected chi connectivity index (χ0v) is 12.8. The van der Waals surface area contributed by atoms with Gasteiger partial charge in [-0.3, -0.25) is 4.79 Å². The maximum Gasteiger partial charge on any atom is 0.338 e. The topological polar surface area (TPSA) is 46.6 Å². The molecule has 0 fully saturated rings. The Bertz CT molecular complexity index is 635.